The third-order valence-electron chi connectivity index (χ3n) is 3.15. The number of benzene rings is 2. The lowest BCUT2D eigenvalue weighted by Gasteiger charge is -2.40. The lowest BCUT2D eigenvalue weighted by molar-refractivity contribution is 0.167. The van der Waals surface area contributed by atoms with Crippen LogP contribution in [0.3, 0.4) is 0 Å². The minimum atomic E-state index is 0.282. The zero-order valence-corrected chi connectivity index (χ0v) is 10.1. The lowest BCUT2D eigenvalue weighted by atomic mass is 10.1. The Bertz CT molecular complexity index is 504. The molecule has 0 unspecified atom stereocenters. The van der Waals surface area contributed by atoms with Gasteiger partial charge in [-0.15, -0.1) is 0 Å². The molecule has 3 rings (SSSR count). The highest BCUT2D eigenvalue weighted by Crippen LogP contribution is 2.24. The van der Waals surface area contributed by atoms with E-state index in [0.717, 1.165) is 24.5 Å². The minimum Gasteiger partial charge on any atom is -0.487 e. The average molecular weight is 240 g/mol. The van der Waals surface area contributed by atoms with Gasteiger partial charge in [0.05, 0.1) is 13.1 Å². The molecule has 0 radical (unpaired) electrons. The Labute approximate surface area is 107 Å². The molecule has 1 fully saturated rings. The van der Waals surface area contributed by atoms with Gasteiger partial charge in [-0.25, -0.2) is 0 Å². The number of nitrogens with zero attached hydrogens (tertiary/aromatic N) is 1. The smallest absolute Gasteiger partial charge is 0.133 e. The highest BCUT2D eigenvalue weighted by molar-refractivity contribution is 5.54. The molecule has 3 heteroatoms. The molecule has 18 heavy (non-hydrogen) atoms. The highest BCUT2D eigenvalue weighted by atomic mass is 16.5. The van der Waals surface area contributed by atoms with E-state index in [9.17, 15) is 0 Å². The first-order valence-electron chi connectivity index (χ1n) is 6.13. The number of ether oxygens (including phenoxy) is 1. The average Bonchev–Trinajstić information content (AvgIpc) is 2.36. The van der Waals surface area contributed by atoms with Gasteiger partial charge >= 0.3 is 0 Å². The predicted octanol–water partition coefficient (Wildman–Crippen LogP) is 2.54. The van der Waals surface area contributed by atoms with E-state index in [4.69, 9.17) is 10.5 Å². The first kappa shape index (κ1) is 11.0. The summed E-state index contributed by atoms with van der Waals surface area (Å²) >= 11 is 0. The van der Waals surface area contributed by atoms with Gasteiger partial charge in [0.1, 0.15) is 11.9 Å². The summed E-state index contributed by atoms with van der Waals surface area (Å²) in [5.41, 5.74) is 7.68. The molecule has 1 saturated heterocycles. The summed E-state index contributed by atoms with van der Waals surface area (Å²) in [6.07, 6.45) is 0.282. The van der Waals surface area contributed by atoms with Crippen LogP contribution in [0.4, 0.5) is 11.4 Å². The fourth-order valence-corrected chi connectivity index (χ4v) is 2.10. The number of nitrogens with two attached hydrogens (primary N) is 1. The van der Waals surface area contributed by atoms with Crippen molar-refractivity contribution in [1.29, 1.82) is 0 Å². The third-order valence-corrected chi connectivity index (χ3v) is 3.15. The molecule has 2 aromatic rings. The lowest BCUT2D eigenvalue weighted by Crippen LogP contribution is -2.54. The minimum absolute atomic E-state index is 0.282. The first-order chi connectivity index (χ1) is 8.81. The van der Waals surface area contributed by atoms with Gasteiger partial charge in [0, 0.05) is 11.4 Å². The molecule has 0 aliphatic carbocycles. The Morgan fingerprint density at radius 3 is 2.28 bits per heavy atom. The normalized spacial score (nSPS) is 15.2. The molecule has 1 heterocycles. The first-order valence-corrected chi connectivity index (χ1v) is 6.13. The van der Waals surface area contributed by atoms with E-state index in [1.807, 2.05) is 54.6 Å². The molecular weight excluding hydrogens is 224 g/mol. The molecular formula is C15H16N2O. The molecule has 0 spiro atoms. The summed E-state index contributed by atoms with van der Waals surface area (Å²) in [7, 11) is 0. The zero-order valence-electron chi connectivity index (χ0n) is 10.1. The predicted molar refractivity (Wildman–Crippen MR) is 73.9 cm³/mol. The maximum absolute atomic E-state index is 5.86. The molecule has 2 aromatic carbocycles. The SMILES string of the molecule is Nc1ccc(N2CC(Oc3ccccc3)C2)cc1. The van der Waals surface area contributed by atoms with E-state index in [0.29, 0.717) is 0 Å². The van der Waals surface area contributed by atoms with Gasteiger partial charge in [-0.1, -0.05) is 18.2 Å². The Kier molecular flexibility index (Phi) is 2.81. The summed E-state index contributed by atoms with van der Waals surface area (Å²) < 4.78 is 5.86. The second-order valence-electron chi connectivity index (χ2n) is 4.55. The Balaban J connectivity index is 1.56. The van der Waals surface area contributed by atoms with Crippen molar-refractivity contribution in [2.75, 3.05) is 23.7 Å². The van der Waals surface area contributed by atoms with Crippen molar-refractivity contribution in [3.8, 4) is 5.75 Å². The number of anilines is 2. The topological polar surface area (TPSA) is 38.5 Å². The number of hydrogen-bond acceptors (Lipinski definition) is 3. The van der Waals surface area contributed by atoms with Crippen molar-refractivity contribution in [3.05, 3.63) is 54.6 Å². The monoisotopic (exact) mass is 240 g/mol. The molecule has 0 atom stereocenters. The molecule has 0 saturated carbocycles. The number of rotatable bonds is 3. The van der Waals surface area contributed by atoms with Crippen molar-refractivity contribution in [2.24, 2.45) is 0 Å². The van der Waals surface area contributed by atoms with Crippen LogP contribution in [0.15, 0.2) is 54.6 Å². The second-order valence-corrected chi connectivity index (χ2v) is 4.55. The summed E-state index contributed by atoms with van der Waals surface area (Å²) in [6, 6.07) is 17.9. The van der Waals surface area contributed by atoms with Gasteiger partial charge in [-0.2, -0.15) is 0 Å². The molecule has 0 aromatic heterocycles. The molecule has 2 N–H and O–H groups in total. The molecule has 0 bridgehead atoms. The van der Waals surface area contributed by atoms with Crippen molar-refractivity contribution in [1.82, 2.24) is 0 Å². The maximum Gasteiger partial charge on any atom is 0.133 e. The fraction of sp³-hybridized carbons (Fsp3) is 0.200. The largest absolute Gasteiger partial charge is 0.487 e. The Hall–Kier alpha value is -2.16. The third kappa shape index (κ3) is 2.25. The van der Waals surface area contributed by atoms with Crippen LogP contribution in [0.1, 0.15) is 0 Å². The molecule has 1 aliphatic heterocycles. The van der Waals surface area contributed by atoms with Gasteiger partial charge in [0.15, 0.2) is 0 Å². The van der Waals surface area contributed by atoms with E-state index in [1.165, 1.54) is 5.69 Å². The number of hydrogen-bond donors (Lipinski definition) is 1. The van der Waals surface area contributed by atoms with Crippen molar-refractivity contribution >= 4 is 11.4 Å². The summed E-state index contributed by atoms with van der Waals surface area (Å²) in [5, 5.41) is 0. The molecule has 92 valence electrons. The van der Waals surface area contributed by atoms with Crippen LogP contribution >= 0.6 is 0 Å². The summed E-state index contributed by atoms with van der Waals surface area (Å²) in [6.45, 7) is 1.86. The summed E-state index contributed by atoms with van der Waals surface area (Å²) in [4.78, 5) is 2.28. The number of nitrogen functional groups attached to an aromatic ring is 1. The van der Waals surface area contributed by atoms with E-state index < -0.39 is 0 Å². The second kappa shape index (κ2) is 4.61. The van der Waals surface area contributed by atoms with Crippen molar-refractivity contribution < 1.29 is 4.74 Å². The van der Waals surface area contributed by atoms with Crippen LogP contribution in [0.2, 0.25) is 0 Å². The zero-order chi connectivity index (χ0) is 12.4. The van der Waals surface area contributed by atoms with Crippen LogP contribution in [-0.2, 0) is 0 Å². The van der Waals surface area contributed by atoms with Gasteiger partial charge in [0.25, 0.3) is 0 Å². The summed E-state index contributed by atoms with van der Waals surface area (Å²) in [5.74, 6) is 0.944. The highest BCUT2D eigenvalue weighted by Gasteiger charge is 2.28. The van der Waals surface area contributed by atoms with Crippen molar-refractivity contribution in [3.63, 3.8) is 0 Å². The van der Waals surface area contributed by atoms with Crippen molar-refractivity contribution in [2.45, 2.75) is 6.10 Å². The number of para-hydroxylation sites is 1. The van der Waals surface area contributed by atoms with Crippen LogP contribution < -0.4 is 15.4 Å². The standard InChI is InChI=1S/C15H16N2O/c16-12-6-8-13(9-7-12)17-10-15(11-17)18-14-4-2-1-3-5-14/h1-9,15H,10-11,16H2. The van der Waals surface area contributed by atoms with E-state index >= 15 is 0 Å². The Morgan fingerprint density at radius 1 is 0.944 bits per heavy atom. The van der Waals surface area contributed by atoms with Gasteiger partial charge in [-0.3, -0.25) is 0 Å². The van der Waals surface area contributed by atoms with Gasteiger partial charge in [0.2, 0.25) is 0 Å². The van der Waals surface area contributed by atoms with E-state index in [1.54, 1.807) is 0 Å². The molecule has 3 nitrogen and oxygen atoms in total. The fourth-order valence-electron chi connectivity index (χ4n) is 2.10. The van der Waals surface area contributed by atoms with Crippen LogP contribution in [0, 0.1) is 0 Å². The maximum atomic E-state index is 5.86. The van der Waals surface area contributed by atoms with Gasteiger partial charge in [-0.05, 0) is 36.4 Å². The molecule has 0 amide bonds. The van der Waals surface area contributed by atoms with Gasteiger partial charge < -0.3 is 15.4 Å². The van der Waals surface area contributed by atoms with E-state index in [-0.39, 0.29) is 6.10 Å². The Morgan fingerprint density at radius 2 is 1.61 bits per heavy atom. The van der Waals surface area contributed by atoms with Crippen LogP contribution in [-0.4, -0.2) is 19.2 Å². The van der Waals surface area contributed by atoms with E-state index in [2.05, 4.69) is 4.90 Å². The molecule has 1 aliphatic rings. The van der Waals surface area contributed by atoms with Crippen LogP contribution in [0.25, 0.3) is 0 Å². The quantitative estimate of drug-likeness (QED) is 0.838. The van der Waals surface area contributed by atoms with Crippen LogP contribution in [0.5, 0.6) is 5.75 Å².